The molecule has 0 fully saturated rings. The Morgan fingerprint density at radius 3 is 2.18 bits per heavy atom. The molecule has 0 aliphatic rings. The molecule has 1 atom stereocenters. The van der Waals surface area contributed by atoms with Crippen molar-refractivity contribution >= 4 is 12.1 Å². The lowest BCUT2D eigenvalue weighted by molar-refractivity contribution is -0.149. The predicted octanol–water partition coefficient (Wildman–Crippen LogP) is 4.42. The summed E-state index contributed by atoms with van der Waals surface area (Å²) in [5.74, 6) is 0.500. The van der Waals surface area contributed by atoms with Gasteiger partial charge in [0.05, 0.1) is 19.8 Å². The normalized spacial score (nSPS) is 11.5. The van der Waals surface area contributed by atoms with E-state index < -0.39 is 12.1 Å². The summed E-state index contributed by atoms with van der Waals surface area (Å²) in [4.78, 5) is 25.2. The van der Waals surface area contributed by atoms with Gasteiger partial charge in [-0.3, -0.25) is 0 Å². The first-order chi connectivity index (χ1) is 16.5. The van der Waals surface area contributed by atoms with Gasteiger partial charge in [-0.05, 0) is 56.5 Å². The van der Waals surface area contributed by atoms with Crippen LogP contribution in [0.5, 0.6) is 11.5 Å². The average Bonchev–Trinajstić information content (AvgIpc) is 2.84. The molecule has 1 amide bonds. The molecule has 0 radical (unpaired) electrons. The van der Waals surface area contributed by atoms with Crippen LogP contribution < -0.4 is 9.47 Å². The molecule has 0 saturated carbocycles. The number of benzene rings is 2. The molecule has 1 unspecified atom stereocenters. The van der Waals surface area contributed by atoms with E-state index in [0.29, 0.717) is 45.3 Å². The smallest absolute Gasteiger partial charge is 0.409 e. The maximum Gasteiger partial charge on any atom is 0.409 e. The van der Waals surface area contributed by atoms with Crippen LogP contribution >= 0.6 is 0 Å². The number of nitrogens with zero attached hydrogens (tertiary/aromatic N) is 1. The van der Waals surface area contributed by atoms with E-state index in [4.69, 9.17) is 18.9 Å². The van der Waals surface area contributed by atoms with Gasteiger partial charge in [-0.1, -0.05) is 30.3 Å². The molecule has 1 N–H and O–H groups in total. The van der Waals surface area contributed by atoms with Crippen molar-refractivity contribution in [3.05, 3.63) is 60.2 Å². The predicted molar refractivity (Wildman–Crippen MR) is 128 cm³/mol. The minimum absolute atomic E-state index is 0.286. The summed E-state index contributed by atoms with van der Waals surface area (Å²) in [7, 11) is 0. The highest BCUT2D eigenvalue weighted by Gasteiger charge is 2.18. The van der Waals surface area contributed by atoms with Gasteiger partial charge in [-0.25, -0.2) is 9.59 Å². The van der Waals surface area contributed by atoms with Gasteiger partial charge < -0.3 is 29.0 Å². The molecule has 0 bridgehead atoms. The maximum absolute atomic E-state index is 12.3. The zero-order valence-corrected chi connectivity index (χ0v) is 20.0. The molecule has 0 spiro atoms. The van der Waals surface area contributed by atoms with Crippen LogP contribution in [0.25, 0.3) is 0 Å². The van der Waals surface area contributed by atoms with E-state index in [1.165, 1.54) is 0 Å². The number of hydrogen-bond donors (Lipinski definition) is 1. The van der Waals surface area contributed by atoms with Gasteiger partial charge in [-0.15, -0.1) is 0 Å². The minimum Gasteiger partial charge on any atom is -0.494 e. The first kappa shape index (κ1) is 27.0. The quantitative estimate of drug-likeness (QED) is 0.361. The van der Waals surface area contributed by atoms with Gasteiger partial charge in [0.25, 0.3) is 0 Å². The van der Waals surface area contributed by atoms with Crippen molar-refractivity contribution in [2.45, 2.75) is 39.2 Å². The summed E-state index contributed by atoms with van der Waals surface area (Å²) in [5.41, 5.74) is 0.846. The summed E-state index contributed by atoms with van der Waals surface area (Å²) in [6.07, 6.45) is 0.652. The summed E-state index contributed by atoms with van der Waals surface area (Å²) in [6.45, 7) is 6.04. The van der Waals surface area contributed by atoms with Crippen molar-refractivity contribution < 1.29 is 33.6 Å². The Hall–Kier alpha value is -3.26. The van der Waals surface area contributed by atoms with E-state index >= 15 is 0 Å². The van der Waals surface area contributed by atoms with Crippen molar-refractivity contribution in [2.75, 3.05) is 39.5 Å². The maximum atomic E-state index is 12.3. The number of hydrogen-bond acceptors (Lipinski definition) is 6. The van der Waals surface area contributed by atoms with Crippen molar-refractivity contribution in [3.63, 3.8) is 0 Å². The molecule has 0 heterocycles. The molecule has 8 heteroatoms. The van der Waals surface area contributed by atoms with Crippen LogP contribution in [0.4, 0.5) is 4.79 Å². The van der Waals surface area contributed by atoms with Gasteiger partial charge in [0.2, 0.25) is 0 Å². The number of rotatable bonds is 16. The monoisotopic (exact) mass is 473 g/mol. The van der Waals surface area contributed by atoms with Crippen molar-refractivity contribution in [1.82, 2.24) is 4.90 Å². The summed E-state index contributed by atoms with van der Waals surface area (Å²) in [6, 6.07) is 16.8. The van der Waals surface area contributed by atoms with Crippen molar-refractivity contribution in [3.8, 4) is 11.5 Å². The van der Waals surface area contributed by atoms with Crippen molar-refractivity contribution in [2.24, 2.45) is 0 Å². The second-order valence-electron chi connectivity index (χ2n) is 7.53. The third kappa shape index (κ3) is 10.1. The molecule has 186 valence electrons. The highest BCUT2D eigenvalue weighted by molar-refractivity contribution is 5.72. The zero-order chi connectivity index (χ0) is 24.6. The Morgan fingerprint density at radius 2 is 1.53 bits per heavy atom. The molecular formula is C26H35NO7. The number of carbonyl (C=O) groups excluding carboxylic acids is 1. The average molecular weight is 474 g/mol. The van der Waals surface area contributed by atoms with Crippen LogP contribution in [-0.4, -0.2) is 67.7 Å². The van der Waals surface area contributed by atoms with Crippen LogP contribution in [0, 0.1) is 0 Å². The number of amides is 1. The fraction of sp³-hybridized carbons (Fsp3) is 0.462. The lowest BCUT2D eigenvalue weighted by Crippen LogP contribution is -2.36. The van der Waals surface area contributed by atoms with Gasteiger partial charge in [-0.2, -0.15) is 0 Å². The topological polar surface area (TPSA) is 94.5 Å². The molecule has 34 heavy (non-hydrogen) atoms. The van der Waals surface area contributed by atoms with E-state index in [1.807, 2.05) is 42.5 Å². The highest BCUT2D eigenvalue weighted by Crippen LogP contribution is 2.15. The number of carboxylic acid groups (broad SMARTS) is 1. The standard InChI is InChI=1S/C26H35NO7/c1-3-31-24(25(28)29)20-21-12-14-23(15-13-21)34-19-17-27(26(30)32-4-2)16-8-9-18-33-22-10-6-5-7-11-22/h5-7,10-15,24H,3-4,8-9,16-20H2,1-2H3,(H,28,29). The summed E-state index contributed by atoms with van der Waals surface area (Å²) >= 11 is 0. The molecule has 8 nitrogen and oxygen atoms in total. The lowest BCUT2D eigenvalue weighted by atomic mass is 10.1. The molecule has 0 aliphatic heterocycles. The summed E-state index contributed by atoms with van der Waals surface area (Å²) in [5, 5.41) is 9.22. The Bertz CT molecular complexity index is 842. The van der Waals surface area contributed by atoms with Gasteiger partial charge in [0.15, 0.2) is 6.10 Å². The summed E-state index contributed by atoms with van der Waals surface area (Å²) < 4.78 is 21.9. The first-order valence-corrected chi connectivity index (χ1v) is 11.7. The fourth-order valence-corrected chi connectivity index (χ4v) is 3.25. The Kier molecular flexibility index (Phi) is 12.3. The lowest BCUT2D eigenvalue weighted by Gasteiger charge is -2.22. The van der Waals surface area contributed by atoms with Crippen LogP contribution in [0.1, 0.15) is 32.3 Å². The van der Waals surface area contributed by atoms with E-state index in [-0.39, 0.29) is 12.5 Å². The molecular weight excluding hydrogens is 438 g/mol. The second kappa shape index (κ2) is 15.6. The molecule has 0 saturated heterocycles. The number of aliphatic carboxylic acids is 1. The zero-order valence-electron chi connectivity index (χ0n) is 20.0. The van der Waals surface area contributed by atoms with Crippen LogP contribution in [0.15, 0.2) is 54.6 Å². The van der Waals surface area contributed by atoms with E-state index in [9.17, 15) is 14.7 Å². The van der Waals surface area contributed by atoms with E-state index in [2.05, 4.69) is 0 Å². The molecule has 0 aromatic heterocycles. The minimum atomic E-state index is -0.979. The molecule has 2 aromatic rings. The van der Waals surface area contributed by atoms with E-state index in [0.717, 1.165) is 24.2 Å². The van der Waals surface area contributed by atoms with Gasteiger partial charge in [0.1, 0.15) is 18.1 Å². The van der Waals surface area contributed by atoms with Gasteiger partial charge >= 0.3 is 12.1 Å². The number of unbranched alkanes of at least 4 members (excludes halogenated alkanes) is 1. The largest absolute Gasteiger partial charge is 0.494 e. The number of carboxylic acids is 1. The molecule has 2 aromatic carbocycles. The molecule has 0 aliphatic carbocycles. The Morgan fingerprint density at radius 1 is 0.853 bits per heavy atom. The third-order valence-corrected chi connectivity index (χ3v) is 4.98. The SMILES string of the molecule is CCOC(=O)N(CCCCOc1ccccc1)CCOc1ccc(CC(OCC)C(=O)O)cc1. The number of para-hydroxylation sites is 1. The number of ether oxygens (including phenoxy) is 4. The van der Waals surface area contributed by atoms with Crippen LogP contribution in [0.3, 0.4) is 0 Å². The first-order valence-electron chi connectivity index (χ1n) is 11.7. The van der Waals surface area contributed by atoms with Crippen LogP contribution in [-0.2, 0) is 20.7 Å². The number of carbonyl (C=O) groups is 2. The Labute approximate surface area is 201 Å². The van der Waals surface area contributed by atoms with E-state index in [1.54, 1.807) is 30.9 Å². The van der Waals surface area contributed by atoms with Gasteiger partial charge in [0, 0.05) is 19.6 Å². The highest BCUT2D eigenvalue weighted by atomic mass is 16.6. The van der Waals surface area contributed by atoms with Crippen LogP contribution in [0.2, 0.25) is 0 Å². The Balaban J connectivity index is 1.76. The fourth-order valence-electron chi connectivity index (χ4n) is 3.25. The second-order valence-corrected chi connectivity index (χ2v) is 7.53. The third-order valence-electron chi connectivity index (χ3n) is 4.98. The van der Waals surface area contributed by atoms with Crippen molar-refractivity contribution in [1.29, 1.82) is 0 Å². The molecule has 2 rings (SSSR count).